The third-order valence-electron chi connectivity index (χ3n) is 3.09. The molecule has 0 aliphatic heterocycles. The topological polar surface area (TPSA) is 12.0 Å². The molecule has 0 aliphatic carbocycles. The van der Waals surface area contributed by atoms with Crippen molar-refractivity contribution in [1.82, 2.24) is 0 Å². The molecule has 0 saturated heterocycles. The van der Waals surface area contributed by atoms with Gasteiger partial charge in [0.25, 0.3) is 0 Å². The highest BCUT2D eigenvalue weighted by molar-refractivity contribution is 9.10. The molecule has 6 heteroatoms. The molecule has 0 radical (unpaired) electrons. The van der Waals surface area contributed by atoms with Crippen LogP contribution in [0.25, 0.3) is 0 Å². The summed E-state index contributed by atoms with van der Waals surface area (Å²) >= 11 is 15.0. The van der Waals surface area contributed by atoms with Gasteiger partial charge >= 0.3 is 0 Å². The molecule has 0 fully saturated rings. The molecule has 0 aliphatic rings. The first-order valence-electron chi connectivity index (χ1n) is 6.28. The summed E-state index contributed by atoms with van der Waals surface area (Å²) in [7, 11) is 0. The third kappa shape index (κ3) is 3.87. The maximum absolute atomic E-state index is 13.9. The van der Waals surface area contributed by atoms with E-state index in [1.165, 1.54) is 0 Å². The van der Waals surface area contributed by atoms with Crippen LogP contribution in [-0.4, -0.2) is 0 Å². The quantitative estimate of drug-likeness (QED) is 0.576. The van der Waals surface area contributed by atoms with Gasteiger partial charge in [-0.25, -0.2) is 8.78 Å². The Kier molecular flexibility index (Phi) is 5.47. The Morgan fingerprint density at radius 3 is 2.48 bits per heavy atom. The highest BCUT2D eigenvalue weighted by Gasteiger charge is 2.16. The molecule has 2 aromatic rings. The smallest absolute Gasteiger partial charge is 0.147 e. The predicted molar refractivity (Wildman–Crippen MR) is 87.2 cm³/mol. The molecule has 112 valence electrons. The summed E-state index contributed by atoms with van der Waals surface area (Å²) in [6.45, 7) is 1.93. The Morgan fingerprint density at radius 1 is 1.14 bits per heavy atom. The van der Waals surface area contributed by atoms with Gasteiger partial charge in [-0.2, -0.15) is 0 Å². The Balaban J connectivity index is 2.33. The summed E-state index contributed by atoms with van der Waals surface area (Å²) in [5.41, 5.74) is 0.875. The summed E-state index contributed by atoms with van der Waals surface area (Å²) in [4.78, 5) is 0. The van der Waals surface area contributed by atoms with E-state index in [1.54, 1.807) is 18.2 Å². The highest BCUT2D eigenvalue weighted by Crippen LogP contribution is 2.32. The molecular formula is C15H12BrCl2F2N. The fourth-order valence-electron chi connectivity index (χ4n) is 2.00. The molecule has 1 nitrogen and oxygen atoms in total. The van der Waals surface area contributed by atoms with E-state index in [9.17, 15) is 8.78 Å². The lowest BCUT2D eigenvalue weighted by molar-refractivity contribution is 0.593. The number of halogens is 5. The summed E-state index contributed by atoms with van der Waals surface area (Å²) in [5.74, 6) is -1.07. The van der Waals surface area contributed by atoms with E-state index < -0.39 is 11.6 Å². The fraction of sp³-hybridized carbons (Fsp3) is 0.200. The Labute approximate surface area is 140 Å². The second-order valence-electron chi connectivity index (χ2n) is 4.52. The van der Waals surface area contributed by atoms with Gasteiger partial charge in [0, 0.05) is 16.1 Å². The highest BCUT2D eigenvalue weighted by atomic mass is 79.9. The summed E-state index contributed by atoms with van der Waals surface area (Å²) in [6.07, 6.45) is 0.651. The van der Waals surface area contributed by atoms with Crippen molar-refractivity contribution in [1.29, 1.82) is 0 Å². The van der Waals surface area contributed by atoms with Gasteiger partial charge in [-0.3, -0.25) is 0 Å². The first kappa shape index (κ1) is 16.5. The lowest BCUT2D eigenvalue weighted by Gasteiger charge is -2.20. The number of hydrogen-bond donors (Lipinski definition) is 1. The normalized spacial score (nSPS) is 12.3. The van der Waals surface area contributed by atoms with E-state index in [1.807, 2.05) is 6.92 Å². The van der Waals surface area contributed by atoms with Crippen molar-refractivity contribution < 1.29 is 8.78 Å². The van der Waals surface area contributed by atoms with Gasteiger partial charge in [-0.05, 0) is 46.1 Å². The van der Waals surface area contributed by atoms with Crippen LogP contribution in [0, 0.1) is 11.6 Å². The lowest BCUT2D eigenvalue weighted by atomic mass is 10.0. The number of anilines is 1. The van der Waals surface area contributed by atoms with Gasteiger partial charge in [0.05, 0.1) is 16.2 Å². The summed E-state index contributed by atoms with van der Waals surface area (Å²) < 4.78 is 27.5. The van der Waals surface area contributed by atoms with Gasteiger partial charge in [0.1, 0.15) is 11.6 Å². The molecule has 2 rings (SSSR count). The molecule has 1 unspecified atom stereocenters. The van der Waals surface area contributed by atoms with E-state index in [0.29, 0.717) is 16.5 Å². The Bertz CT molecular complexity index is 664. The zero-order valence-electron chi connectivity index (χ0n) is 11.1. The fourth-order valence-corrected chi connectivity index (χ4v) is 2.86. The average Bonchev–Trinajstić information content (AvgIpc) is 2.42. The molecular weight excluding hydrogens is 383 g/mol. The van der Waals surface area contributed by atoms with Crippen molar-refractivity contribution >= 4 is 44.8 Å². The van der Waals surface area contributed by atoms with Crippen LogP contribution in [0.15, 0.2) is 34.8 Å². The van der Waals surface area contributed by atoms with Crippen LogP contribution in [0.3, 0.4) is 0 Å². The van der Waals surface area contributed by atoms with Crippen molar-refractivity contribution in [2.45, 2.75) is 19.4 Å². The maximum atomic E-state index is 13.9. The van der Waals surface area contributed by atoms with Gasteiger partial charge in [0.15, 0.2) is 0 Å². The lowest BCUT2D eigenvalue weighted by Crippen LogP contribution is -2.11. The van der Waals surface area contributed by atoms with Crippen molar-refractivity contribution in [3.63, 3.8) is 0 Å². The number of hydrogen-bond acceptors (Lipinski definition) is 1. The van der Waals surface area contributed by atoms with Gasteiger partial charge in [-0.1, -0.05) is 36.2 Å². The molecule has 0 aromatic heterocycles. The van der Waals surface area contributed by atoms with Crippen LogP contribution in [0.4, 0.5) is 14.5 Å². The minimum atomic E-state index is -0.535. The van der Waals surface area contributed by atoms with E-state index >= 15 is 0 Å². The first-order valence-corrected chi connectivity index (χ1v) is 7.83. The van der Waals surface area contributed by atoms with Crippen molar-refractivity contribution in [3.8, 4) is 0 Å². The number of rotatable bonds is 4. The number of nitrogens with one attached hydrogen (secondary N) is 1. The van der Waals surface area contributed by atoms with Gasteiger partial charge in [0.2, 0.25) is 0 Å². The second-order valence-corrected chi connectivity index (χ2v) is 6.22. The van der Waals surface area contributed by atoms with Crippen molar-refractivity contribution in [3.05, 3.63) is 62.0 Å². The first-order chi connectivity index (χ1) is 9.92. The van der Waals surface area contributed by atoms with Crippen LogP contribution in [0.1, 0.15) is 24.9 Å². The zero-order valence-corrected chi connectivity index (χ0v) is 14.2. The largest absolute Gasteiger partial charge is 0.376 e. The zero-order chi connectivity index (χ0) is 15.6. The van der Waals surface area contributed by atoms with Crippen LogP contribution < -0.4 is 5.32 Å². The van der Waals surface area contributed by atoms with Gasteiger partial charge < -0.3 is 5.32 Å². The summed E-state index contributed by atoms with van der Waals surface area (Å²) in [5, 5.41) is 3.99. The predicted octanol–water partition coefficient (Wildman–Crippen LogP) is 6.60. The van der Waals surface area contributed by atoms with E-state index in [2.05, 4.69) is 21.2 Å². The van der Waals surface area contributed by atoms with Gasteiger partial charge in [-0.15, -0.1) is 0 Å². The minimum absolute atomic E-state index is 0.0862. The standard InChI is InChI=1S/C15H12BrCl2F2N/c1-2-14(9-4-3-8(17)5-11(9)18)21-15-7-12(19)10(16)6-13(15)20/h3-7,14,21H,2H2,1H3. The molecule has 21 heavy (non-hydrogen) atoms. The molecule has 0 saturated carbocycles. The van der Waals surface area contributed by atoms with Crippen LogP contribution in [0.5, 0.6) is 0 Å². The van der Waals surface area contributed by atoms with Crippen molar-refractivity contribution in [2.75, 3.05) is 5.32 Å². The van der Waals surface area contributed by atoms with E-state index in [0.717, 1.165) is 17.7 Å². The van der Waals surface area contributed by atoms with Crippen molar-refractivity contribution in [2.24, 2.45) is 0 Å². The third-order valence-corrected chi connectivity index (χ3v) is 4.26. The van der Waals surface area contributed by atoms with E-state index in [-0.39, 0.29) is 16.2 Å². The monoisotopic (exact) mass is 393 g/mol. The Morgan fingerprint density at radius 2 is 1.86 bits per heavy atom. The second kappa shape index (κ2) is 6.95. The number of benzene rings is 2. The van der Waals surface area contributed by atoms with Crippen LogP contribution in [-0.2, 0) is 0 Å². The summed E-state index contributed by atoms with van der Waals surface area (Å²) in [6, 6.07) is 7.08. The molecule has 0 bridgehead atoms. The van der Waals surface area contributed by atoms with Crippen LogP contribution in [0.2, 0.25) is 10.0 Å². The SMILES string of the molecule is CCC(Nc1cc(F)c(Br)cc1F)c1ccc(Cl)cc1Cl. The van der Waals surface area contributed by atoms with Crippen LogP contribution >= 0.6 is 39.1 Å². The average molecular weight is 395 g/mol. The molecule has 1 atom stereocenters. The van der Waals surface area contributed by atoms with E-state index in [4.69, 9.17) is 23.2 Å². The molecule has 1 N–H and O–H groups in total. The molecule has 2 aromatic carbocycles. The molecule has 0 heterocycles. The molecule has 0 amide bonds. The Hall–Kier alpha value is -0.840. The minimum Gasteiger partial charge on any atom is -0.376 e. The molecule has 0 spiro atoms. The maximum Gasteiger partial charge on any atom is 0.147 e.